The molecule has 0 aliphatic heterocycles. The van der Waals surface area contributed by atoms with Gasteiger partial charge < -0.3 is 14.6 Å². The Morgan fingerprint density at radius 3 is 2.94 bits per heavy atom. The second kappa shape index (κ2) is 7.06. The number of anilines is 1. The van der Waals surface area contributed by atoms with Crippen LogP contribution in [0, 0.1) is 0 Å². The van der Waals surface area contributed by atoms with Crippen molar-refractivity contribution in [3.63, 3.8) is 0 Å². The summed E-state index contributed by atoms with van der Waals surface area (Å²) in [5.74, 6) is 0.397. The first-order valence-electron chi connectivity index (χ1n) is 6.06. The minimum atomic E-state index is -0.0705. The molecule has 0 aliphatic carbocycles. The summed E-state index contributed by atoms with van der Waals surface area (Å²) in [6, 6.07) is 0. The Hall–Kier alpha value is -1.36. The smallest absolute Gasteiger partial charge is 0.293 e. The number of nitrogens with zero attached hydrogens (tertiary/aromatic N) is 2. The summed E-state index contributed by atoms with van der Waals surface area (Å²) in [4.78, 5) is 15.9. The maximum atomic E-state index is 11.9. The lowest BCUT2D eigenvalue weighted by Gasteiger charge is -2.10. The molecule has 0 atom stereocenters. The Kier molecular flexibility index (Phi) is 5.69. The summed E-state index contributed by atoms with van der Waals surface area (Å²) in [6.07, 6.45) is 4.49. The third-order valence-corrected chi connectivity index (χ3v) is 2.22. The molecule has 0 radical (unpaired) electrons. The lowest BCUT2D eigenvalue weighted by Crippen LogP contribution is -2.25. The van der Waals surface area contributed by atoms with E-state index in [4.69, 9.17) is 4.74 Å². The van der Waals surface area contributed by atoms with E-state index in [9.17, 15) is 4.79 Å². The molecular formula is C12H21N3O2. The van der Waals surface area contributed by atoms with Crippen molar-refractivity contribution in [3.8, 4) is 0 Å². The Balaban J connectivity index is 2.53. The molecule has 17 heavy (non-hydrogen) atoms. The largest absolute Gasteiger partial charge is 0.377 e. The molecule has 5 heteroatoms. The Morgan fingerprint density at radius 2 is 2.29 bits per heavy atom. The summed E-state index contributed by atoms with van der Waals surface area (Å²) < 4.78 is 7.05. The molecule has 0 fully saturated rings. The molecule has 1 rings (SSSR count). The van der Waals surface area contributed by atoms with Gasteiger partial charge in [-0.25, -0.2) is 4.98 Å². The first-order valence-corrected chi connectivity index (χ1v) is 6.06. The van der Waals surface area contributed by atoms with Gasteiger partial charge in [0.05, 0.1) is 12.7 Å². The first-order chi connectivity index (χ1) is 8.15. The van der Waals surface area contributed by atoms with Crippen LogP contribution in [0.15, 0.2) is 17.2 Å². The molecule has 1 heterocycles. The minimum absolute atomic E-state index is 0.0705. The molecule has 0 saturated carbocycles. The second-order valence-electron chi connectivity index (χ2n) is 4.12. The van der Waals surface area contributed by atoms with Gasteiger partial charge in [-0.15, -0.1) is 0 Å². The number of aryl methyl sites for hydroxylation is 1. The van der Waals surface area contributed by atoms with Crippen molar-refractivity contribution in [2.75, 3.05) is 18.5 Å². The van der Waals surface area contributed by atoms with Crippen LogP contribution in [-0.4, -0.2) is 28.8 Å². The van der Waals surface area contributed by atoms with Crippen molar-refractivity contribution in [2.45, 2.75) is 39.8 Å². The molecule has 1 N–H and O–H groups in total. The lowest BCUT2D eigenvalue weighted by molar-refractivity contribution is 0.0870. The Labute approximate surface area is 102 Å². The number of hydrogen-bond acceptors (Lipinski definition) is 4. The summed E-state index contributed by atoms with van der Waals surface area (Å²) in [5, 5.41) is 3.00. The number of hydrogen-bond donors (Lipinski definition) is 1. The fourth-order valence-electron chi connectivity index (χ4n) is 1.45. The van der Waals surface area contributed by atoms with E-state index >= 15 is 0 Å². The van der Waals surface area contributed by atoms with E-state index in [1.807, 2.05) is 20.8 Å². The van der Waals surface area contributed by atoms with Crippen LogP contribution in [0.2, 0.25) is 0 Å². The second-order valence-corrected chi connectivity index (χ2v) is 4.12. The number of nitrogens with one attached hydrogen (secondary N) is 1. The molecule has 0 saturated heterocycles. The molecular weight excluding hydrogens is 218 g/mol. The van der Waals surface area contributed by atoms with Gasteiger partial charge in [0, 0.05) is 25.5 Å². The van der Waals surface area contributed by atoms with Crippen molar-refractivity contribution in [3.05, 3.63) is 22.7 Å². The van der Waals surface area contributed by atoms with Crippen molar-refractivity contribution < 1.29 is 4.74 Å². The third-order valence-electron chi connectivity index (χ3n) is 2.22. The number of aromatic nitrogens is 2. The van der Waals surface area contributed by atoms with Gasteiger partial charge in [-0.3, -0.25) is 4.79 Å². The lowest BCUT2D eigenvalue weighted by atomic mass is 10.4. The fourth-order valence-corrected chi connectivity index (χ4v) is 1.45. The molecule has 0 spiro atoms. The van der Waals surface area contributed by atoms with Gasteiger partial charge in [0.15, 0.2) is 5.82 Å². The van der Waals surface area contributed by atoms with Crippen LogP contribution in [0.4, 0.5) is 5.82 Å². The highest BCUT2D eigenvalue weighted by Crippen LogP contribution is 1.94. The first kappa shape index (κ1) is 13.7. The Morgan fingerprint density at radius 1 is 1.53 bits per heavy atom. The number of ether oxygens (including phenoxy) is 1. The zero-order valence-electron chi connectivity index (χ0n) is 10.8. The van der Waals surface area contributed by atoms with Gasteiger partial charge in [-0.2, -0.15) is 0 Å². The summed E-state index contributed by atoms with van der Waals surface area (Å²) >= 11 is 0. The topological polar surface area (TPSA) is 56.1 Å². The normalized spacial score (nSPS) is 10.8. The molecule has 0 bridgehead atoms. The molecule has 0 aliphatic rings. The molecule has 5 nitrogen and oxygen atoms in total. The molecule has 0 aromatic carbocycles. The average Bonchev–Trinajstić information content (AvgIpc) is 2.29. The van der Waals surface area contributed by atoms with Crippen LogP contribution in [-0.2, 0) is 11.3 Å². The molecule has 1 aromatic heterocycles. The van der Waals surface area contributed by atoms with E-state index in [-0.39, 0.29) is 11.7 Å². The van der Waals surface area contributed by atoms with Gasteiger partial charge in [-0.05, 0) is 20.3 Å². The number of rotatable bonds is 7. The summed E-state index contributed by atoms with van der Waals surface area (Å²) in [6.45, 7) is 7.89. The predicted octanol–water partition coefficient (Wildman–Crippen LogP) is 1.49. The fraction of sp³-hybridized carbons (Fsp3) is 0.667. The molecule has 1 aromatic rings. The van der Waals surface area contributed by atoms with Gasteiger partial charge in [-0.1, -0.05) is 6.92 Å². The third kappa shape index (κ3) is 4.56. The summed E-state index contributed by atoms with van der Waals surface area (Å²) in [5.41, 5.74) is -0.0705. The highest BCUT2D eigenvalue weighted by Gasteiger charge is 2.03. The van der Waals surface area contributed by atoms with E-state index in [1.165, 1.54) is 0 Å². The SMILES string of the molecule is CCCn1ccnc(NCCOC(C)C)c1=O. The van der Waals surface area contributed by atoms with Gasteiger partial charge in [0.2, 0.25) is 0 Å². The molecule has 0 unspecified atom stereocenters. The van der Waals surface area contributed by atoms with Crippen LogP contribution in [0.5, 0.6) is 0 Å². The van der Waals surface area contributed by atoms with Gasteiger partial charge in [0.25, 0.3) is 5.56 Å². The van der Waals surface area contributed by atoms with E-state index < -0.39 is 0 Å². The monoisotopic (exact) mass is 239 g/mol. The minimum Gasteiger partial charge on any atom is -0.377 e. The van der Waals surface area contributed by atoms with Crippen LogP contribution < -0.4 is 10.9 Å². The zero-order valence-corrected chi connectivity index (χ0v) is 10.8. The van der Waals surface area contributed by atoms with E-state index in [0.717, 1.165) is 13.0 Å². The van der Waals surface area contributed by atoms with Crippen molar-refractivity contribution in [1.29, 1.82) is 0 Å². The maximum absolute atomic E-state index is 11.9. The quantitative estimate of drug-likeness (QED) is 0.732. The highest BCUT2D eigenvalue weighted by molar-refractivity contribution is 5.30. The standard InChI is InChI=1S/C12H21N3O2/c1-4-7-15-8-5-13-11(12(15)16)14-6-9-17-10(2)3/h5,8,10H,4,6-7,9H2,1-3H3,(H,13,14). The highest BCUT2D eigenvalue weighted by atomic mass is 16.5. The van der Waals surface area contributed by atoms with Crippen molar-refractivity contribution in [1.82, 2.24) is 9.55 Å². The van der Waals surface area contributed by atoms with E-state index in [1.54, 1.807) is 17.0 Å². The van der Waals surface area contributed by atoms with Crippen LogP contribution >= 0.6 is 0 Å². The zero-order chi connectivity index (χ0) is 12.7. The van der Waals surface area contributed by atoms with Gasteiger partial charge in [0.1, 0.15) is 0 Å². The predicted molar refractivity (Wildman–Crippen MR) is 68.4 cm³/mol. The Bertz CT molecular complexity index is 388. The van der Waals surface area contributed by atoms with Crippen LogP contribution in [0.1, 0.15) is 27.2 Å². The average molecular weight is 239 g/mol. The summed E-state index contributed by atoms with van der Waals surface area (Å²) in [7, 11) is 0. The molecule has 96 valence electrons. The molecule has 0 amide bonds. The maximum Gasteiger partial charge on any atom is 0.293 e. The van der Waals surface area contributed by atoms with Crippen LogP contribution in [0.25, 0.3) is 0 Å². The van der Waals surface area contributed by atoms with Crippen LogP contribution in [0.3, 0.4) is 0 Å². The van der Waals surface area contributed by atoms with Gasteiger partial charge >= 0.3 is 0 Å². The van der Waals surface area contributed by atoms with E-state index in [0.29, 0.717) is 19.0 Å². The van der Waals surface area contributed by atoms with Crippen molar-refractivity contribution >= 4 is 5.82 Å². The van der Waals surface area contributed by atoms with Crippen molar-refractivity contribution in [2.24, 2.45) is 0 Å². The van der Waals surface area contributed by atoms with E-state index in [2.05, 4.69) is 10.3 Å².